The maximum atomic E-state index is 13.6. The minimum absolute atomic E-state index is 0.0380. The van der Waals surface area contributed by atoms with Crippen LogP contribution >= 0.6 is 0 Å². The van der Waals surface area contributed by atoms with Gasteiger partial charge in [-0.1, -0.05) is 18.7 Å². The molecule has 1 amide bonds. The molecular formula is C29H39N7O2. The first-order chi connectivity index (χ1) is 18.4. The lowest BCUT2D eigenvalue weighted by Gasteiger charge is -2.36. The molecule has 0 aliphatic carbocycles. The van der Waals surface area contributed by atoms with Crippen molar-refractivity contribution in [3.63, 3.8) is 0 Å². The van der Waals surface area contributed by atoms with E-state index in [2.05, 4.69) is 58.5 Å². The highest BCUT2D eigenvalue weighted by molar-refractivity contribution is 5.87. The quantitative estimate of drug-likeness (QED) is 0.559. The Balaban J connectivity index is 1.36. The van der Waals surface area contributed by atoms with Crippen molar-refractivity contribution in [1.82, 2.24) is 24.3 Å². The zero-order chi connectivity index (χ0) is 26.4. The van der Waals surface area contributed by atoms with Crippen molar-refractivity contribution in [2.75, 3.05) is 63.2 Å². The van der Waals surface area contributed by atoms with Gasteiger partial charge < -0.3 is 24.5 Å². The van der Waals surface area contributed by atoms with Crippen molar-refractivity contribution in [3.8, 4) is 0 Å². The third-order valence-corrected chi connectivity index (χ3v) is 8.98. The van der Waals surface area contributed by atoms with Crippen LogP contribution in [0.15, 0.2) is 35.6 Å². The van der Waals surface area contributed by atoms with E-state index in [1.165, 1.54) is 29.3 Å². The Morgan fingerprint density at radius 2 is 1.84 bits per heavy atom. The van der Waals surface area contributed by atoms with Gasteiger partial charge in [0.1, 0.15) is 5.82 Å². The zero-order valence-corrected chi connectivity index (χ0v) is 22.7. The van der Waals surface area contributed by atoms with Crippen LogP contribution < -0.4 is 15.5 Å². The number of aromatic nitrogens is 2. The molecule has 1 atom stereocenters. The van der Waals surface area contributed by atoms with E-state index in [-0.39, 0.29) is 11.6 Å². The van der Waals surface area contributed by atoms with E-state index in [0.717, 1.165) is 56.1 Å². The van der Waals surface area contributed by atoms with E-state index in [0.29, 0.717) is 45.3 Å². The molecular weight excluding hydrogens is 478 g/mol. The molecule has 2 aromatic rings. The Kier molecular flexibility index (Phi) is 6.74. The number of hydrogen-bond donors (Lipinski definition) is 0. The summed E-state index contributed by atoms with van der Waals surface area (Å²) in [6.07, 6.45) is 4.73. The monoisotopic (exact) mass is 517 g/mol. The van der Waals surface area contributed by atoms with Crippen molar-refractivity contribution < 1.29 is 4.79 Å². The minimum atomic E-state index is -0.152. The van der Waals surface area contributed by atoms with Crippen LogP contribution in [0, 0.1) is 0 Å². The molecule has 0 unspecified atom stereocenters. The molecule has 0 radical (unpaired) electrons. The van der Waals surface area contributed by atoms with Crippen molar-refractivity contribution in [3.05, 3.63) is 63.7 Å². The average molecular weight is 518 g/mol. The SMILES string of the molecule is C=CC(=O)N1CCN(c2nc(=O)n(C[C@@H]3CCCN3C)c3c2CN(c2cccc4c2CN(C)CC4)C3)CC1. The lowest BCUT2D eigenvalue weighted by Crippen LogP contribution is -2.49. The van der Waals surface area contributed by atoms with Gasteiger partial charge in [0, 0.05) is 69.7 Å². The van der Waals surface area contributed by atoms with Crippen LogP contribution in [0.25, 0.3) is 0 Å². The first kappa shape index (κ1) is 25.1. The summed E-state index contributed by atoms with van der Waals surface area (Å²) in [5, 5.41) is 0. The molecule has 1 aromatic carbocycles. The van der Waals surface area contributed by atoms with Crippen LogP contribution in [-0.2, 0) is 37.4 Å². The molecule has 9 nitrogen and oxygen atoms in total. The normalized spacial score (nSPS) is 22.1. The Morgan fingerprint density at radius 1 is 1.03 bits per heavy atom. The fraction of sp³-hybridized carbons (Fsp3) is 0.552. The van der Waals surface area contributed by atoms with Gasteiger partial charge in [-0.05, 0) is 63.2 Å². The second-order valence-electron chi connectivity index (χ2n) is 11.3. The first-order valence-corrected chi connectivity index (χ1v) is 14.0. The molecule has 0 saturated carbocycles. The largest absolute Gasteiger partial charge is 0.361 e. The second kappa shape index (κ2) is 10.2. The number of piperazine rings is 1. The Labute approximate surface area is 224 Å². The minimum Gasteiger partial charge on any atom is -0.361 e. The lowest BCUT2D eigenvalue weighted by molar-refractivity contribution is -0.126. The molecule has 38 heavy (non-hydrogen) atoms. The number of likely N-dealkylation sites (tertiary alicyclic amines) is 1. The van der Waals surface area contributed by atoms with Gasteiger partial charge in [0.15, 0.2) is 0 Å². The summed E-state index contributed by atoms with van der Waals surface area (Å²) < 4.78 is 1.96. The van der Waals surface area contributed by atoms with Crippen molar-refractivity contribution in [2.45, 2.75) is 51.5 Å². The summed E-state index contributed by atoms with van der Waals surface area (Å²) in [5.74, 6) is 0.764. The maximum Gasteiger partial charge on any atom is 0.349 e. The van der Waals surface area contributed by atoms with E-state index in [4.69, 9.17) is 4.98 Å². The number of hydrogen-bond acceptors (Lipinski definition) is 7. The zero-order valence-electron chi connectivity index (χ0n) is 22.7. The maximum absolute atomic E-state index is 13.6. The average Bonchev–Trinajstić information content (AvgIpc) is 3.55. The fourth-order valence-electron chi connectivity index (χ4n) is 6.70. The predicted octanol–water partition coefficient (Wildman–Crippen LogP) is 1.68. The standard InChI is InChI=1S/C29H39N7O2/c1-4-27(37)33-13-15-34(16-14-33)28-24-19-35(25-9-5-7-21-10-12-31(2)18-23(21)25)20-26(24)36(29(38)30-28)17-22-8-6-11-32(22)3/h4-5,7,9,22H,1,6,8,10-20H2,2-3H3/t22-/m0/s1. The van der Waals surface area contributed by atoms with Gasteiger partial charge in [-0.2, -0.15) is 4.98 Å². The van der Waals surface area contributed by atoms with E-state index in [1.54, 1.807) is 0 Å². The number of anilines is 2. The molecule has 2 saturated heterocycles. The fourth-order valence-corrected chi connectivity index (χ4v) is 6.70. The molecule has 0 N–H and O–H groups in total. The van der Waals surface area contributed by atoms with Crippen LogP contribution in [0.1, 0.15) is 35.2 Å². The van der Waals surface area contributed by atoms with Crippen molar-refractivity contribution in [2.24, 2.45) is 0 Å². The van der Waals surface area contributed by atoms with E-state index in [9.17, 15) is 9.59 Å². The summed E-state index contributed by atoms with van der Waals surface area (Å²) >= 11 is 0. The molecule has 5 heterocycles. The molecule has 0 bridgehead atoms. The highest BCUT2D eigenvalue weighted by Gasteiger charge is 2.34. The predicted molar refractivity (Wildman–Crippen MR) is 150 cm³/mol. The third kappa shape index (κ3) is 4.52. The van der Waals surface area contributed by atoms with Gasteiger partial charge >= 0.3 is 5.69 Å². The van der Waals surface area contributed by atoms with Crippen molar-refractivity contribution in [1.29, 1.82) is 0 Å². The summed E-state index contributed by atoms with van der Waals surface area (Å²) in [6, 6.07) is 7.05. The summed E-state index contributed by atoms with van der Waals surface area (Å²) in [5.41, 5.74) is 6.23. The summed E-state index contributed by atoms with van der Waals surface area (Å²) in [7, 11) is 4.35. The highest BCUT2D eigenvalue weighted by Crippen LogP contribution is 2.37. The Bertz CT molecular complexity index is 1300. The Morgan fingerprint density at radius 3 is 2.58 bits per heavy atom. The van der Waals surface area contributed by atoms with Gasteiger partial charge in [0.2, 0.25) is 5.91 Å². The number of amides is 1. The molecule has 4 aliphatic heterocycles. The van der Waals surface area contributed by atoms with Crippen LogP contribution in [0.4, 0.5) is 11.5 Å². The van der Waals surface area contributed by atoms with E-state index in [1.807, 2.05) is 9.47 Å². The number of carbonyl (C=O) groups excluding carboxylic acids is 1. The van der Waals surface area contributed by atoms with Crippen LogP contribution in [0.3, 0.4) is 0 Å². The number of fused-ring (bicyclic) bond motifs is 2. The summed E-state index contributed by atoms with van der Waals surface area (Å²) in [4.78, 5) is 41.7. The van der Waals surface area contributed by atoms with Crippen LogP contribution in [0.5, 0.6) is 0 Å². The smallest absolute Gasteiger partial charge is 0.349 e. The number of benzene rings is 1. The number of likely N-dealkylation sites (N-methyl/N-ethyl adjacent to an activating group) is 2. The molecule has 2 fully saturated rings. The highest BCUT2D eigenvalue weighted by atomic mass is 16.2. The number of carbonyl (C=O) groups is 1. The Hall–Kier alpha value is -3.17. The molecule has 1 aromatic heterocycles. The first-order valence-electron chi connectivity index (χ1n) is 14.0. The third-order valence-electron chi connectivity index (χ3n) is 8.98. The number of rotatable bonds is 5. The van der Waals surface area contributed by atoms with Crippen LogP contribution in [-0.4, -0.2) is 89.6 Å². The van der Waals surface area contributed by atoms with E-state index >= 15 is 0 Å². The van der Waals surface area contributed by atoms with E-state index < -0.39 is 0 Å². The van der Waals surface area contributed by atoms with Gasteiger partial charge in [0.25, 0.3) is 0 Å². The molecule has 0 spiro atoms. The second-order valence-corrected chi connectivity index (χ2v) is 11.3. The van der Waals surface area contributed by atoms with Gasteiger partial charge in [-0.25, -0.2) is 4.79 Å². The van der Waals surface area contributed by atoms with Crippen molar-refractivity contribution >= 4 is 17.4 Å². The lowest BCUT2D eigenvalue weighted by atomic mass is 9.98. The van der Waals surface area contributed by atoms with Gasteiger partial charge in [-0.15, -0.1) is 0 Å². The number of nitrogens with zero attached hydrogens (tertiary/aromatic N) is 7. The topological polar surface area (TPSA) is 68.2 Å². The molecule has 202 valence electrons. The van der Waals surface area contributed by atoms with Gasteiger partial charge in [-0.3, -0.25) is 9.36 Å². The molecule has 6 rings (SSSR count). The van der Waals surface area contributed by atoms with Gasteiger partial charge in [0.05, 0.1) is 12.2 Å². The molecule has 9 heteroatoms. The molecule has 4 aliphatic rings. The van der Waals surface area contributed by atoms with Crippen LogP contribution in [0.2, 0.25) is 0 Å². The summed E-state index contributed by atoms with van der Waals surface area (Å²) in [6.45, 7) is 11.4.